The number of pyridine rings is 1. The number of amidine groups is 1. The second-order valence-electron chi connectivity index (χ2n) is 3.43. The molecule has 1 atom stereocenters. The molecule has 4 N–H and O–H groups in total. The summed E-state index contributed by atoms with van der Waals surface area (Å²) in [5.74, 6) is 0.0593. The predicted molar refractivity (Wildman–Crippen MR) is 63.9 cm³/mol. The van der Waals surface area contributed by atoms with Crippen LogP contribution < -0.4 is 5.73 Å². The number of thioether (sulfide) groups is 1. The number of aryl methyl sites for hydroxylation is 1. The Morgan fingerprint density at radius 2 is 2.31 bits per heavy atom. The highest BCUT2D eigenvalue weighted by Gasteiger charge is 2.08. The van der Waals surface area contributed by atoms with Crippen LogP contribution in [0.25, 0.3) is 0 Å². The monoisotopic (exact) mass is 241 g/mol. The molecule has 0 aliphatic rings. The van der Waals surface area contributed by atoms with E-state index in [9.17, 15) is 0 Å². The van der Waals surface area contributed by atoms with Crippen LogP contribution in [0.5, 0.6) is 0 Å². The van der Waals surface area contributed by atoms with Crippen LogP contribution in [0.1, 0.15) is 18.2 Å². The summed E-state index contributed by atoms with van der Waals surface area (Å²) in [6.07, 6.45) is 0. The number of nitrogens with two attached hydrogens (primary N) is 1. The summed E-state index contributed by atoms with van der Waals surface area (Å²) < 4.78 is 0. The van der Waals surface area contributed by atoms with Crippen LogP contribution in [0, 0.1) is 6.92 Å². The number of rotatable bonds is 4. The highest BCUT2D eigenvalue weighted by Crippen LogP contribution is 2.22. The fourth-order valence-electron chi connectivity index (χ4n) is 1.15. The number of aliphatic hydroxyl groups is 1. The first-order valence-electron chi connectivity index (χ1n) is 4.81. The maximum atomic E-state index is 8.95. The molecule has 16 heavy (non-hydrogen) atoms. The van der Waals surface area contributed by atoms with Crippen molar-refractivity contribution in [2.45, 2.75) is 24.1 Å². The van der Waals surface area contributed by atoms with Gasteiger partial charge in [0.25, 0.3) is 0 Å². The first-order valence-corrected chi connectivity index (χ1v) is 5.69. The maximum absolute atomic E-state index is 8.95. The molecule has 88 valence electrons. The van der Waals surface area contributed by atoms with E-state index in [1.165, 1.54) is 11.8 Å². The quantitative estimate of drug-likeness (QED) is 0.240. The molecule has 6 heteroatoms. The van der Waals surface area contributed by atoms with Gasteiger partial charge in [-0.25, -0.2) is 4.98 Å². The van der Waals surface area contributed by atoms with E-state index in [2.05, 4.69) is 10.1 Å². The van der Waals surface area contributed by atoms with Gasteiger partial charge in [-0.3, -0.25) is 0 Å². The highest BCUT2D eigenvalue weighted by molar-refractivity contribution is 7.99. The highest BCUT2D eigenvalue weighted by atomic mass is 32.2. The number of hydrogen-bond donors (Lipinski definition) is 3. The second-order valence-corrected chi connectivity index (χ2v) is 4.89. The van der Waals surface area contributed by atoms with Crippen molar-refractivity contribution >= 4 is 17.6 Å². The maximum Gasteiger partial charge on any atom is 0.170 e. The van der Waals surface area contributed by atoms with E-state index in [4.69, 9.17) is 16.0 Å². The second kappa shape index (κ2) is 5.72. The predicted octanol–water partition coefficient (Wildman–Crippen LogP) is 0.957. The zero-order chi connectivity index (χ0) is 12.1. The molecule has 1 aromatic heterocycles. The third kappa shape index (κ3) is 3.39. The largest absolute Gasteiger partial charge is 0.409 e. The molecule has 0 radical (unpaired) electrons. The van der Waals surface area contributed by atoms with Crippen LogP contribution in [0.15, 0.2) is 22.3 Å². The molecule has 0 bridgehead atoms. The van der Waals surface area contributed by atoms with E-state index in [-0.39, 0.29) is 17.7 Å². The van der Waals surface area contributed by atoms with E-state index < -0.39 is 0 Å². The normalized spacial score (nSPS) is 13.8. The molecule has 0 saturated heterocycles. The Bertz CT molecular complexity index is 396. The summed E-state index contributed by atoms with van der Waals surface area (Å²) in [6.45, 7) is 3.82. The van der Waals surface area contributed by atoms with Crippen LogP contribution in [-0.4, -0.2) is 33.0 Å². The van der Waals surface area contributed by atoms with Crippen molar-refractivity contribution in [1.29, 1.82) is 0 Å². The molecule has 1 aromatic rings. The Labute approximate surface area is 98.4 Å². The fraction of sp³-hybridized carbons (Fsp3) is 0.400. The molecule has 1 unspecified atom stereocenters. The first-order chi connectivity index (χ1) is 7.56. The molecule has 0 spiro atoms. The molecule has 1 rings (SSSR count). The number of oxime groups is 1. The topological polar surface area (TPSA) is 91.7 Å². The molecular formula is C10H15N3O2S. The van der Waals surface area contributed by atoms with Crippen molar-refractivity contribution in [2.75, 3.05) is 6.61 Å². The molecular weight excluding hydrogens is 226 g/mol. The zero-order valence-electron chi connectivity index (χ0n) is 9.21. The molecule has 0 aliphatic heterocycles. The Kier molecular flexibility index (Phi) is 4.57. The molecule has 5 nitrogen and oxygen atoms in total. The van der Waals surface area contributed by atoms with Gasteiger partial charge in [0.05, 0.1) is 11.6 Å². The van der Waals surface area contributed by atoms with Crippen molar-refractivity contribution in [3.8, 4) is 0 Å². The van der Waals surface area contributed by atoms with Crippen molar-refractivity contribution in [3.05, 3.63) is 23.4 Å². The van der Waals surface area contributed by atoms with E-state index in [0.29, 0.717) is 5.56 Å². The summed E-state index contributed by atoms with van der Waals surface area (Å²) in [5, 5.41) is 21.3. The summed E-state index contributed by atoms with van der Waals surface area (Å²) >= 11 is 1.45. The minimum atomic E-state index is 0.0593. The van der Waals surface area contributed by atoms with Crippen molar-refractivity contribution < 1.29 is 10.3 Å². The van der Waals surface area contributed by atoms with Gasteiger partial charge in [-0.15, -0.1) is 11.8 Å². The molecule has 0 amide bonds. The first kappa shape index (κ1) is 12.8. The summed E-state index contributed by atoms with van der Waals surface area (Å²) in [7, 11) is 0. The smallest absolute Gasteiger partial charge is 0.170 e. The van der Waals surface area contributed by atoms with Crippen molar-refractivity contribution in [1.82, 2.24) is 4.98 Å². The van der Waals surface area contributed by atoms with Crippen LogP contribution in [0.4, 0.5) is 0 Å². The van der Waals surface area contributed by atoms with E-state index in [1.807, 2.05) is 13.8 Å². The zero-order valence-corrected chi connectivity index (χ0v) is 10.0. The van der Waals surface area contributed by atoms with E-state index in [1.54, 1.807) is 12.1 Å². The minimum Gasteiger partial charge on any atom is -0.409 e. The van der Waals surface area contributed by atoms with Crippen LogP contribution in [-0.2, 0) is 0 Å². The average Bonchev–Trinajstić information content (AvgIpc) is 2.27. The van der Waals surface area contributed by atoms with Gasteiger partial charge in [0.15, 0.2) is 5.84 Å². The third-order valence-corrected chi connectivity index (χ3v) is 2.91. The van der Waals surface area contributed by atoms with Crippen LogP contribution in [0.3, 0.4) is 0 Å². The Morgan fingerprint density at radius 1 is 1.62 bits per heavy atom. The Morgan fingerprint density at radius 3 is 2.88 bits per heavy atom. The van der Waals surface area contributed by atoms with Crippen molar-refractivity contribution in [3.63, 3.8) is 0 Å². The van der Waals surface area contributed by atoms with Crippen LogP contribution in [0.2, 0.25) is 0 Å². The van der Waals surface area contributed by atoms with E-state index in [0.717, 1.165) is 10.7 Å². The van der Waals surface area contributed by atoms with Crippen molar-refractivity contribution in [2.24, 2.45) is 10.9 Å². The van der Waals surface area contributed by atoms with Gasteiger partial charge in [-0.1, -0.05) is 12.1 Å². The molecule has 0 fully saturated rings. The van der Waals surface area contributed by atoms with Gasteiger partial charge in [0, 0.05) is 16.5 Å². The van der Waals surface area contributed by atoms with Gasteiger partial charge in [-0.2, -0.15) is 0 Å². The number of hydrogen-bond acceptors (Lipinski definition) is 5. The number of aliphatic hydroxyl groups excluding tert-OH is 1. The van der Waals surface area contributed by atoms with Gasteiger partial charge >= 0.3 is 0 Å². The van der Waals surface area contributed by atoms with Crippen LogP contribution >= 0.6 is 11.8 Å². The summed E-state index contributed by atoms with van der Waals surface area (Å²) in [5.41, 5.74) is 6.93. The molecule has 0 saturated carbocycles. The van der Waals surface area contributed by atoms with Gasteiger partial charge in [0.1, 0.15) is 0 Å². The fourth-order valence-corrected chi connectivity index (χ4v) is 2.03. The number of nitrogens with zero attached hydrogens (tertiary/aromatic N) is 2. The lowest BCUT2D eigenvalue weighted by atomic mass is 10.2. The summed E-state index contributed by atoms with van der Waals surface area (Å²) in [6, 6.07) is 3.47. The summed E-state index contributed by atoms with van der Waals surface area (Å²) in [4.78, 5) is 4.30. The lowest BCUT2D eigenvalue weighted by molar-refractivity contribution is 0.300. The minimum absolute atomic E-state index is 0.0593. The van der Waals surface area contributed by atoms with Gasteiger partial charge in [0.2, 0.25) is 0 Å². The molecule has 1 heterocycles. The molecule has 0 aromatic carbocycles. The Balaban J connectivity index is 2.99. The molecule has 0 aliphatic carbocycles. The third-order valence-electron chi connectivity index (χ3n) is 1.91. The van der Waals surface area contributed by atoms with Gasteiger partial charge < -0.3 is 16.0 Å². The SMILES string of the molecule is Cc1cc(/C(N)=N/O)cc(SC(C)CO)n1. The van der Waals surface area contributed by atoms with Gasteiger partial charge in [-0.05, 0) is 19.1 Å². The average molecular weight is 241 g/mol. The Hall–Kier alpha value is -1.27. The number of aromatic nitrogens is 1. The standard InChI is InChI=1S/C10H15N3O2S/c1-6-3-8(10(11)13-15)4-9(12-6)16-7(2)5-14/h3-4,7,14-15H,5H2,1-2H3,(H2,11,13). The van der Waals surface area contributed by atoms with E-state index >= 15 is 0 Å². The lowest BCUT2D eigenvalue weighted by Crippen LogP contribution is -2.14. The lowest BCUT2D eigenvalue weighted by Gasteiger charge is -2.09.